The molecule has 1 atom stereocenters. The van der Waals surface area contributed by atoms with Gasteiger partial charge in [0.15, 0.2) is 5.71 Å². The predicted molar refractivity (Wildman–Crippen MR) is 291 cm³/mol. The summed E-state index contributed by atoms with van der Waals surface area (Å²) in [4.78, 5) is 2.66. The van der Waals surface area contributed by atoms with Gasteiger partial charge in [0.25, 0.3) is 0 Å². The zero-order valence-electron chi connectivity index (χ0n) is 43.8. The first kappa shape index (κ1) is 54.5. The molecule has 65 heavy (non-hydrogen) atoms. The zero-order valence-corrected chi connectivity index (χ0v) is 43.8. The number of para-hydroxylation sites is 2. The molecule has 0 fully saturated rings. The molecule has 0 saturated carbocycles. The highest BCUT2D eigenvalue weighted by Crippen LogP contribution is 2.49. The molecule has 2 aromatic carbocycles. The predicted octanol–water partition coefficient (Wildman–Crippen LogP) is 19.9. The molecule has 0 N–H and O–H groups in total. The van der Waals surface area contributed by atoms with Gasteiger partial charge >= 0.3 is 0 Å². The monoisotopic (exact) mass is 886 g/mol. The summed E-state index contributed by atoms with van der Waals surface area (Å²) in [5.41, 5.74) is 8.51. The molecule has 2 aliphatic rings. The van der Waals surface area contributed by atoms with E-state index in [0.717, 1.165) is 6.54 Å². The number of allylic oxidation sites excluding steroid dienone is 8. The summed E-state index contributed by atoms with van der Waals surface area (Å²) in [6, 6.07) is 18.7. The van der Waals surface area contributed by atoms with E-state index in [1.807, 2.05) is 0 Å². The van der Waals surface area contributed by atoms with E-state index in [1.54, 1.807) is 0 Å². The molecule has 2 nitrogen and oxygen atoms in total. The summed E-state index contributed by atoms with van der Waals surface area (Å²) < 4.78 is 2.62. The fourth-order valence-electron chi connectivity index (χ4n) is 11.0. The maximum Gasteiger partial charge on any atom is 0.209 e. The van der Waals surface area contributed by atoms with E-state index in [4.69, 9.17) is 0 Å². The van der Waals surface area contributed by atoms with Crippen molar-refractivity contribution in [1.82, 2.24) is 0 Å². The number of anilines is 1. The van der Waals surface area contributed by atoms with Crippen LogP contribution in [-0.2, 0) is 10.8 Å². The molecule has 0 saturated heterocycles. The van der Waals surface area contributed by atoms with Crippen LogP contribution in [0.5, 0.6) is 0 Å². The Kier molecular flexibility index (Phi) is 26.6. The van der Waals surface area contributed by atoms with E-state index in [1.165, 1.54) is 233 Å². The Morgan fingerprint density at radius 3 is 1.40 bits per heavy atom. The minimum Gasteiger partial charge on any atom is -0.341 e. The van der Waals surface area contributed by atoms with Crippen LogP contribution in [0.15, 0.2) is 96.8 Å². The number of unbranched alkanes of at least 4 members (excludes halogenated alkanes) is 28. The lowest BCUT2D eigenvalue weighted by molar-refractivity contribution is -0.438. The Hall–Kier alpha value is -3.13. The van der Waals surface area contributed by atoms with Crippen molar-refractivity contribution in [2.75, 3.05) is 11.4 Å². The Morgan fingerprint density at radius 1 is 0.462 bits per heavy atom. The molecule has 0 amide bonds. The van der Waals surface area contributed by atoms with E-state index < -0.39 is 0 Å². The minimum absolute atomic E-state index is 0.00781. The van der Waals surface area contributed by atoms with E-state index in [-0.39, 0.29) is 10.8 Å². The third-order valence-corrected chi connectivity index (χ3v) is 15.1. The van der Waals surface area contributed by atoms with Gasteiger partial charge in [0.2, 0.25) is 5.69 Å². The van der Waals surface area contributed by atoms with E-state index >= 15 is 0 Å². The molecule has 2 aromatic rings. The van der Waals surface area contributed by atoms with Crippen LogP contribution in [0.3, 0.4) is 0 Å². The fourth-order valence-corrected chi connectivity index (χ4v) is 11.0. The number of benzene rings is 2. The zero-order chi connectivity index (χ0) is 46.4. The van der Waals surface area contributed by atoms with Crippen molar-refractivity contribution in [2.24, 2.45) is 0 Å². The van der Waals surface area contributed by atoms with Crippen molar-refractivity contribution in [1.29, 1.82) is 0 Å². The lowest BCUT2D eigenvalue weighted by atomic mass is 9.81. The van der Waals surface area contributed by atoms with Gasteiger partial charge in [-0.1, -0.05) is 274 Å². The first-order valence-corrected chi connectivity index (χ1v) is 28.1. The van der Waals surface area contributed by atoms with Gasteiger partial charge in [0, 0.05) is 47.0 Å². The first-order valence-electron chi connectivity index (χ1n) is 28.1. The number of hydrogen-bond acceptors (Lipinski definition) is 1. The van der Waals surface area contributed by atoms with Gasteiger partial charge in [0.1, 0.15) is 6.54 Å². The van der Waals surface area contributed by atoms with Crippen LogP contribution >= 0.6 is 0 Å². The highest BCUT2D eigenvalue weighted by atomic mass is 15.2. The molecule has 0 bridgehead atoms. The van der Waals surface area contributed by atoms with Gasteiger partial charge < -0.3 is 4.90 Å². The summed E-state index contributed by atoms with van der Waals surface area (Å²) in [6.45, 7) is 17.8. The average molecular weight is 887 g/mol. The van der Waals surface area contributed by atoms with Crippen molar-refractivity contribution in [3.05, 3.63) is 108 Å². The quantitative estimate of drug-likeness (QED) is 0.0372. The molecule has 2 aliphatic heterocycles. The highest BCUT2D eigenvalue weighted by molar-refractivity contribution is 6.03. The molecule has 2 heteroatoms. The summed E-state index contributed by atoms with van der Waals surface area (Å²) in [6.07, 6.45) is 59.5. The van der Waals surface area contributed by atoms with Crippen LogP contribution in [0.4, 0.5) is 11.4 Å². The van der Waals surface area contributed by atoms with Crippen LogP contribution in [0.2, 0.25) is 0 Å². The summed E-state index contributed by atoms with van der Waals surface area (Å²) in [5, 5.41) is 0. The summed E-state index contributed by atoms with van der Waals surface area (Å²) in [7, 11) is 0. The largest absolute Gasteiger partial charge is 0.341 e. The van der Waals surface area contributed by atoms with Crippen LogP contribution in [0.25, 0.3) is 0 Å². The molecule has 4 rings (SSSR count). The average Bonchev–Trinajstić information content (AvgIpc) is 3.66. The smallest absolute Gasteiger partial charge is 0.209 e. The number of hydrogen-bond donors (Lipinski definition) is 0. The second kappa shape index (κ2) is 31.8. The van der Waals surface area contributed by atoms with Gasteiger partial charge in [-0.3, -0.25) is 0 Å². The number of nitrogens with zero attached hydrogens (tertiary/aromatic N) is 2. The molecule has 0 spiro atoms. The maximum absolute atomic E-state index is 2.66. The maximum atomic E-state index is 2.66. The normalized spacial score (nSPS) is 16.6. The molecule has 0 aliphatic carbocycles. The van der Waals surface area contributed by atoms with Crippen LogP contribution in [-0.4, -0.2) is 22.9 Å². The van der Waals surface area contributed by atoms with Gasteiger partial charge in [0.05, 0.1) is 5.41 Å². The Morgan fingerprint density at radius 2 is 0.877 bits per heavy atom. The van der Waals surface area contributed by atoms with Crippen molar-refractivity contribution in [3.8, 4) is 0 Å². The third-order valence-electron chi connectivity index (χ3n) is 15.1. The molecule has 2 heterocycles. The minimum atomic E-state index is -0.0239. The van der Waals surface area contributed by atoms with Crippen molar-refractivity contribution in [2.45, 2.75) is 264 Å². The second-order valence-electron chi connectivity index (χ2n) is 21.4. The standard InChI is InChI=1S/C63H101N2/c1-8-10-12-14-16-18-20-22-24-25-27-29-31-33-38-46-54-64-58-50-44-42-48-56(58)62(4,5)60(64)52-40-36-34-37-41-53-61-63(6,7)57-49-43-45-51-59(57)65(61)55(3)47-39-35-32-30-28-26-23-21-19-17-15-13-11-9-2/h34,36-37,40-45,48-53,55H,8-33,35,38-39,46-47,54H2,1-7H3/q+1. The number of fused-ring (bicyclic) bond motifs is 2. The van der Waals surface area contributed by atoms with Gasteiger partial charge in [-0.15, -0.1) is 0 Å². The number of rotatable bonds is 37. The second-order valence-corrected chi connectivity index (χ2v) is 21.4. The van der Waals surface area contributed by atoms with E-state index in [9.17, 15) is 0 Å². The Labute approximate surface area is 403 Å². The van der Waals surface area contributed by atoms with Crippen LogP contribution in [0, 0.1) is 0 Å². The molecular weight excluding hydrogens is 785 g/mol. The molecular formula is C63H101N2+. The summed E-state index contributed by atoms with van der Waals surface area (Å²) in [5.74, 6) is 0. The van der Waals surface area contributed by atoms with Crippen molar-refractivity contribution >= 4 is 17.1 Å². The van der Waals surface area contributed by atoms with Gasteiger partial charge in [-0.25, -0.2) is 0 Å². The molecule has 362 valence electrons. The highest BCUT2D eigenvalue weighted by Gasteiger charge is 2.44. The SMILES string of the molecule is CCCCCCCCCCCCCCCCCC[N+]1=C(C=CC=CC=CC=C2N(C(C)CCCCCCCCCCCCCCCC)c3ccccc3C2(C)C)C(C)(C)c2ccccc21. The van der Waals surface area contributed by atoms with Crippen molar-refractivity contribution in [3.63, 3.8) is 0 Å². The van der Waals surface area contributed by atoms with Crippen LogP contribution < -0.4 is 4.90 Å². The first-order chi connectivity index (χ1) is 31.7. The van der Waals surface area contributed by atoms with Crippen LogP contribution in [0.1, 0.15) is 259 Å². The topological polar surface area (TPSA) is 6.25 Å². The molecule has 0 aromatic heterocycles. The lowest BCUT2D eigenvalue weighted by Crippen LogP contribution is -2.33. The Bertz CT molecular complexity index is 1730. The van der Waals surface area contributed by atoms with Gasteiger partial charge in [-0.05, 0) is 51.3 Å². The van der Waals surface area contributed by atoms with Crippen molar-refractivity contribution < 1.29 is 4.58 Å². The van der Waals surface area contributed by atoms with E-state index in [0.29, 0.717) is 6.04 Å². The molecule has 0 radical (unpaired) electrons. The third kappa shape index (κ3) is 18.5. The van der Waals surface area contributed by atoms with Gasteiger partial charge in [-0.2, -0.15) is 4.58 Å². The lowest BCUT2D eigenvalue weighted by Gasteiger charge is -2.32. The summed E-state index contributed by atoms with van der Waals surface area (Å²) >= 11 is 0. The molecule has 1 unspecified atom stereocenters. The Balaban J connectivity index is 1.23. The fraction of sp³-hybridized carbons (Fsp3) is 0.667. The van der Waals surface area contributed by atoms with E-state index in [2.05, 4.69) is 149 Å².